The largest absolute Gasteiger partial charge is 0.330 e. The lowest BCUT2D eigenvalue weighted by Crippen LogP contribution is -2.03. The third-order valence-corrected chi connectivity index (χ3v) is 2.80. The molecule has 0 spiro atoms. The third-order valence-electron chi connectivity index (χ3n) is 1.98. The van der Waals surface area contributed by atoms with Gasteiger partial charge in [-0.05, 0) is 13.5 Å². The second kappa shape index (κ2) is 4.50. The van der Waals surface area contributed by atoms with Crippen LogP contribution in [0.15, 0.2) is 11.6 Å². The van der Waals surface area contributed by atoms with Gasteiger partial charge >= 0.3 is 0 Å². The van der Waals surface area contributed by atoms with E-state index in [-0.39, 0.29) is 0 Å². The summed E-state index contributed by atoms with van der Waals surface area (Å²) in [4.78, 5) is 4.37. The summed E-state index contributed by atoms with van der Waals surface area (Å²) in [5.74, 6) is 0. The van der Waals surface area contributed by atoms with Gasteiger partial charge in [-0.3, -0.25) is 0 Å². The van der Waals surface area contributed by atoms with E-state index in [4.69, 9.17) is 5.73 Å². The van der Waals surface area contributed by atoms with Gasteiger partial charge in [0.2, 0.25) is 0 Å². The van der Waals surface area contributed by atoms with Crippen molar-refractivity contribution in [1.29, 1.82) is 0 Å². The number of hydrogen-bond donors (Lipinski definition) is 1. The minimum Gasteiger partial charge on any atom is -0.330 e. The Morgan fingerprint density at radius 2 is 2.33 bits per heavy atom. The molecular formula is C9H13N5S. The molecule has 0 amide bonds. The van der Waals surface area contributed by atoms with Crippen LogP contribution in [-0.2, 0) is 13.0 Å². The molecule has 2 rings (SSSR count). The van der Waals surface area contributed by atoms with E-state index in [1.54, 1.807) is 16.0 Å². The van der Waals surface area contributed by atoms with Crippen LogP contribution in [0.1, 0.15) is 16.4 Å². The molecule has 80 valence electrons. The van der Waals surface area contributed by atoms with Gasteiger partial charge in [-0.1, -0.05) is 5.21 Å². The summed E-state index contributed by atoms with van der Waals surface area (Å²) >= 11 is 1.65. The molecule has 0 aliphatic heterocycles. The molecule has 0 aliphatic carbocycles. The van der Waals surface area contributed by atoms with E-state index in [0.717, 1.165) is 22.8 Å². The average Bonchev–Trinajstić information content (AvgIpc) is 2.78. The molecule has 6 heteroatoms. The quantitative estimate of drug-likeness (QED) is 0.823. The Morgan fingerprint density at radius 1 is 1.47 bits per heavy atom. The first-order valence-electron chi connectivity index (χ1n) is 4.78. The van der Waals surface area contributed by atoms with Crippen molar-refractivity contribution in [3.63, 3.8) is 0 Å². The SMILES string of the molecule is Cc1nc(Cn2cc(CCN)nn2)cs1. The molecule has 2 aromatic rings. The van der Waals surface area contributed by atoms with Crippen molar-refractivity contribution in [2.75, 3.05) is 6.54 Å². The second-order valence-corrected chi connectivity index (χ2v) is 4.37. The van der Waals surface area contributed by atoms with Crippen molar-refractivity contribution in [3.8, 4) is 0 Å². The zero-order chi connectivity index (χ0) is 10.7. The van der Waals surface area contributed by atoms with E-state index in [1.807, 2.05) is 18.5 Å². The Hall–Kier alpha value is -1.27. The maximum absolute atomic E-state index is 5.44. The van der Waals surface area contributed by atoms with Gasteiger partial charge in [-0.25, -0.2) is 9.67 Å². The highest BCUT2D eigenvalue weighted by Gasteiger charge is 2.02. The van der Waals surface area contributed by atoms with Gasteiger partial charge in [0.15, 0.2) is 0 Å². The van der Waals surface area contributed by atoms with Crippen molar-refractivity contribution in [2.45, 2.75) is 19.9 Å². The first kappa shape index (κ1) is 10.3. The molecule has 0 aliphatic rings. The lowest BCUT2D eigenvalue weighted by atomic mass is 10.3. The molecule has 0 bridgehead atoms. The lowest BCUT2D eigenvalue weighted by Gasteiger charge is -1.94. The highest BCUT2D eigenvalue weighted by Crippen LogP contribution is 2.09. The van der Waals surface area contributed by atoms with Crippen LogP contribution in [0.2, 0.25) is 0 Å². The molecule has 0 unspecified atom stereocenters. The van der Waals surface area contributed by atoms with Crippen LogP contribution in [0, 0.1) is 6.92 Å². The predicted octanol–water partition coefficient (Wildman–Crippen LogP) is 0.593. The molecule has 2 N–H and O–H groups in total. The summed E-state index contributed by atoms with van der Waals surface area (Å²) in [6, 6.07) is 0. The van der Waals surface area contributed by atoms with Crippen LogP contribution >= 0.6 is 11.3 Å². The molecule has 0 fully saturated rings. The van der Waals surface area contributed by atoms with E-state index in [0.29, 0.717) is 13.1 Å². The molecule has 5 nitrogen and oxygen atoms in total. The average molecular weight is 223 g/mol. The highest BCUT2D eigenvalue weighted by atomic mass is 32.1. The molecule has 2 heterocycles. The molecule has 15 heavy (non-hydrogen) atoms. The number of nitrogens with zero attached hydrogens (tertiary/aromatic N) is 4. The van der Waals surface area contributed by atoms with E-state index >= 15 is 0 Å². The molecule has 0 saturated carbocycles. The van der Waals surface area contributed by atoms with E-state index in [9.17, 15) is 0 Å². The summed E-state index contributed by atoms with van der Waals surface area (Å²) in [7, 11) is 0. The summed E-state index contributed by atoms with van der Waals surface area (Å²) < 4.78 is 1.79. The molecular weight excluding hydrogens is 210 g/mol. The first-order valence-corrected chi connectivity index (χ1v) is 5.66. The first-order chi connectivity index (χ1) is 7.28. The fourth-order valence-corrected chi connectivity index (χ4v) is 1.93. The van der Waals surface area contributed by atoms with Crippen molar-refractivity contribution in [2.24, 2.45) is 5.73 Å². The molecule has 0 aromatic carbocycles. The topological polar surface area (TPSA) is 69.6 Å². The Bertz CT molecular complexity index is 433. The van der Waals surface area contributed by atoms with Gasteiger partial charge in [0.1, 0.15) is 0 Å². The fraction of sp³-hybridized carbons (Fsp3) is 0.444. The Labute approximate surface area is 91.9 Å². The summed E-state index contributed by atoms with van der Waals surface area (Å²) in [5.41, 5.74) is 7.40. The third kappa shape index (κ3) is 2.60. The monoisotopic (exact) mass is 223 g/mol. The number of rotatable bonds is 4. The van der Waals surface area contributed by atoms with Crippen LogP contribution in [0.5, 0.6) is 0 Å². The standard InChI is InChI=1S/C9H13N5S/c1-7-11-9(6-15-7)5-14-4-8(2-3-10)12-13-14/h4,6H,2-3,5,10H2,1H3. The van der Waals surface area contributed by atoms with Gasteiger partial charge in [-0.15, -0.1) is 16.4 Å². The van der Waals surface area contributed by atoms with Gasteiger partial charge in [0.25, 0.3) is 0 Å². The zero-order valence-corrected chi connectivity index (χ0v) is 9.37. The number of aromatic nitrogens is 4. The van der Waals surface area contributed by atoms with Crippen molar-refractivity contribution in [1.82, 2.24) is 20.0 Å². The normalized spacial score (nSPS) is 10.8. The number of aryl methyl sites for hydroxylation is 1. The van der Waals surface area contributed by atoms with E-state index in [2.05, 4.69) is 15.3 Å². The van der Waals surface area contributed by atoms with E-state index in [1.165, 1.54) is 0 Å². The Kier molecular flexibility index (Phi) is 3.08. The van der Waals surface area contributed by atoms with Gasteiger partial charge in [0, 0.05) is 18.0 Å². The number of hydrogen-bond acceptors (Lipinski definition) is 5. The van der Waals surface area contributed by atoms with Crippen LogP contribution in [-0.4, -0.2) is 26.5 Å². The van der Waals surface area contributed by atoms with Crippen LogP contribution in [0.3, 0.4) is 0 Å². The molecule has 0 radical (unpaired) electrons. The van der Waals surface area contributed by atoms with Gasteiger partial charge in [-0.2, -0.15) is 0 Å². The van der Waals surface area contributed by atoms with Crippen molar-refractivity contribution in [3.05, 3.63) is 28.0 Å². The Morgan fingerprint density at radius 3 is 3.00 bits per heavy atom. The minimum atomic E-state index is 0.606. The highest BCUT2D eigenvalue weighted by molar-refractivity contribution is 7.09. The van der Waals surface area contributed by atoms with Gasteiger partial charge in [0.05, 0.1) is 22.9 Å². The van der Waals surface area contributed by atoms with Crippen molar-refractivity contribution >= 4 is 11.3 Å². The maximum atomic E-state index is 5.44. The van der Waals surface area contributed by atoms with Crippen LogP contribution in [0.4, 0.5) is 0 Å². The maximum Gasteiger partial charge on any atom is 0.0898 e. The number of thiazole rings is 1. The summed E-state index contributed by atoms with van der Waals surface area (Å²) in [6.45, 7) is 3.28. The smallest absolute Gasteiger partial charge is 0.0898 e. The van der Waals surface area contributed by atoms with Gasteiger partial charge < -0.3 is 5.73 Å². The lowest BCUT2D eigenvalue weighted by molar-refractivity contribution is 0.640. The summed E-state index contributed by atoms with van der Waals surface area (Å²) in [5, 5.41) is 11.2. The van der Waals surface area contributed by atoms with E-state index < -0.39 is 0 Å². The second-order valence-electron chi connectivity index (χ2n) is 3.30. The van der Waals surface area contributed by atoms with Crippen LogP contribution in [0.25, 0.3) is 0 Å². The Balaban J connectivity index is 2.04. The van der Waals surface area contributed by atoms with Crippen LogP contribution < -0.4 is 5.73 Å². The van der Waals surface area contributed by atoms with Crippen molar-refractivity contribution < 1.29 is 0 Å². The predicted molar refractivity (Wildman–Crippen MR) is 58.7 cm³/mol. The minimum absolute atomic E-state index is 0.606. The zero-order valence-electron chi connectivity index (χ0n) is 8.55. The summed E-state index contributed by atoms with van der Waals surface area (Å²) in [6.07, 6.45) is 2.69. The molecule has 0 saturated heterocycles. The number of nitrogens with two attached hydrogens (primary N) is 1. The molecule has 2 aromatic heterocycles. The fourth-order valence-electron chi connectivity index (χ4n) is 1.33. The molecule has 0 atom stereocenters.